The third kappa shape index (κ3) is 2.45. The Morgan fingerprint density at radius 3 is 2.53 bits per heavy atom. The molecule has 0 aliphatic heterocycles. The molecule has 0 bridgehead atoms. The molecule has 2 rings (SSSR count). The lowest BCUT2D eigenvalue weighted by atomic mass is 9.81. The van der Waals surface area contributed by atoms with E-state index in [4.69, 9.17) is 11.6 Å². The molecule has 0 radical (unpaired) electrons. The average molecular weight is 255 g/mol. The van der Waals surface area contributed by atoms with Gasteiger partial charge in [-0.3, -0.25) is 4.79 Å². The summed E-state index contributed by atoms with van der Waals surface area (Å²) in [6, 6.07) is 6.74. The van der Waals surface area contributed by atoms with Crippen LogP contribution in [0.15, 0.2) is 24.3 Å². The zero-order chi connectivity index (χ0) is 12.5. The predicted octanol–water partition coefficient (Wildman–Crippen LogP) is 2.81. The molecular weight excluding hydrogens is 240 g/mol. The first kappa shape index (κ1) is 12.4. The normalized spacial score (nSPS) is 20.1. The first-order valence-corrected chi connectivity index (χ1v) is 6.11. The predicted molar refractivity (Wildman–Crippen MR) is 65.2 cm³/mol. The standard InChI is InChI=1S/C13H15ClO3/c14-10-5-3-4-9(8-10)11(12(15)16)13(17)6-1-2-7-13/h3-5,8,11,17H,1-2,6-7H2,(H,15,16)/t11-/m0/s1. The Labute approximate surface area is 105 Å². The molecule has 1 fully saturated rings. The fourth-order valence-corrected chi connectivity index (χ4v) is 2.84. The molecule has 2 N–H and O–H groups in total. The second kappa shape index (κ2) is 4.67. The zero-order valence-corrected chi connectivity index (χ0v) is 10.2. The highest BCUT2D eigenvalue weighted by Gasteiger charge is 2.44. The second-order valence-electron chi connectivity index (χ2n) is 4.64. The van der Waals surface area contributed by atoms with E-state index in [0.717, 1.165) is 12.8 Å². The quantitative estimate of drug-likeness (QED) is 0.872. The van der Waals surface area contributed by atoms with E-state index in [2.05, 4.69) is 0 Å². The summed E-state index contributed by atoms with van der Waals surface area (Å²) in [6.45, 7) is 0. The van der Waals surface area contributed by atoms with E-state index < -0.39 is 17.5 Å². The number of carboxylic acids is 1. The van der Waals surface area contributed by atoms with Crippen LogP contribution in [0.2, 0.25) is 5.02 Å². The van der Waals surface area contributed by atoms with Crippen LogP contribution in [0.25, 0.3) is 0 Å². The van der Waals surface area contributed by atoms with Crippen LogP contribution in [0.5, 0.6) is 0 Å². The number of hydrogen-bond acceptors (Lipinski definition) is 2. The Hall–Kier alpha value is -1.06. The van der Waals surface area contributed by atoms with E-state index in [9.17, 15) is 15.0 Å². The first-order chi connectivity index (χ1) is 8.03. The van der Waals surface area contributed by atoms with E-state index >= 15 is 0 Å². The van der Waals surface area contributed by atoms with Gasteiger partial charge < -0.3 is 10.2 Å². The van der Waals surface area contributed by atoms with E-state index in [-0.39, 0.29) is 0 Å². The Morgan fingerprint density at radius 2 is 2.00 bits per heavy atom. The molecule has 1 atom stereocenters. The highest BCUT2D eigenvalue weighted by molar-refractivity contribution is 6.30. The fourth-order valence-electron chi connectivity index (χ4n) is 2.64. The van der Waals surface area contributed by atoms with Gasteiger partial charge in [0, 0.05) is 5.02 Å². The minimum absolute atomic E-state index is 0.496. The number of aliphatic hydroxyl groups is 1. The van der Waals surface area contributed by atoms with Crippen molar-refractivity contribution < 1.29 is 15.0 Å². The van der Waals surface area contributed by atoms with Crippen LogP contribution in [-0.2, 0) is 4.79 Å². The summed E-state index contributed by atoms with van der Waals surface area (Å²) in [5, 5.41) is 20.3. The molecule has 1 aliphatic rings. The molecule has 0 unspecified atom stereocenters. The summed E-state index contributed by atoms with van der Waals surface area (Å²) in [6.07, 6.45) is 2.83. The lowest BCUT2D eigenvalue weighted by molar-refractivity contribution is -0.145. The Balaban J connectivity index is 2.39. The molecule has 0 saturated heterocycles. The number of carbonyl (C=O) groups is 1. The van der Waals surface area contributed by atoms with Gasteiger partial charge >= 0.3 is 5.97 Å². The minimum atomic E-state index is -1.13. The average Bonchev–Trinajstić information content (AvgIpc) is 2.65. The maximum atomic E-state index is 11.4. The van der Waals surface area contributed by atoms with Crippen molar-refractivity contribution in [1.82, 2.24) is 0 Å². The van der Waals surface area contributed by atoms with Gasteiger partial charge in [-0.25, -0.2) is 0 Å². The smallest absolute Gasteiger partial charge is 0.313 e. The SMILES string of the molecule is O=C(O)[C@H](c1cccc(Cl)c1)C1(O)CCCC1. The lowest BCUT2D eigenvalue weighted by Gasteiger charge is -2.29. The van der Waals surface area contributed by atoms with Gasteiger partial charge in [0.25, 0.3) is 0 Å². The molecule has 17 heavy (non-hydrogen) atoms. The molecule has 0 spiro atoms. The maximum absolute atomic E-state index is 11.4. The molecule has 3 nitrogen and oxygen atoms in total. The molecule has 4 heteroatoms. The van der Waals surface area contributed by atoms with E-state index in [1.807, 2.05) is 0 Å². The van der Waals surface area contributed by atoms with Crippen LogP contribution in [0, 0.1) is 0 Å². The highest BCUT2D eigenvalue weighted by atomic mass is 35.5. The Kier molecular flexibility index (Phi) is 3.40. The van der Waals surface area contributed by atoms with Gasteiger partial charge in [-0.15, -0.1) is 0 Å². The van der Waals surface area contributed by atoms with Gasteiger partial charge in [0.05, 0.1) is 5.60 Å². The fraction of sp³-hybridized carbons (Fsp3) is 0.462. The van der Waals surface area contributed by atoms with Crippen molar-refractivity contribution in [3.8, 4) is 0 Å². The molecule has 1 aromatic carbocycles. The summed E-state index contributed by atoms with van der Waals surface area (Å²) in [7, 11) is 0. The van der Waals surface area contributed by atoms with Crippen LogP contribution < -0.4 is 0 Å². The second-order valence-corrected chi connectivity index (χ2v) is 5.07. The summed E-state index contributed by atoms with van der Waals surface area (Å²) < 4.78 is 0. The molecule has 1 aromatic rings. The number of hydrogen-bond donors (Lipinski definition) is 2. The van der Waals surface area contributed by atoms with Crippen LogP contribution in [-0.4, -0.2) is 21.8 Å². The summed E-state index contributed by atoms with van der Waals surface area (Å²) in [5.41, 5.74) is -0.550. The van der Waals surface area contributed by atoms with Crippen molar-refractivity contribution in [2.45, 2.75) is 37.2 Å². The molecule has 0 heterocycles. The number of halogens is 1. The topological polar surface area (TPSA) is 57.5 Å². The van der Waals surface area contributed by atoms with Crippen molar-refractivity contribution >= 4 is 17.6 Å². The van der Waals surface area contributed by atoms with E-state index in [1.54, 1.807) is 24.3 Å². The van der Waals surface area contributed by atoms with Gasteiger partial charge in [0.15, 0.2) is 0 Å². The van der Waals surface area contributed by atoms with Crippen molar-refractivity contribution in [2.75, 3.05) is 0 Å². The molecule has 1 aliphatic carbocycles. The summed E-state index contributed by atoms with van der Waals surface area (Å²) in [4.78, 5) is 11.4. The van der Waals surface area contributed by atoms with Crippen LogP contribution in [0.3, 0.4) is 0 Å². The molecule has 0 amide bonds. The Morgan fingerprint density at radius 1 is 1.35 bits per heavy atom. The Bertz CT molecular complexity index is 424. The summed E-state index contributed by atoms with van der Waals surface area (Å²) >= 11 is 5.87. The number of benzene rings is 1. The third-order valence-corrected chi connectivity index (χ3v) is 3.67. The van der Waals surface area contributed by atoms with Gasteiger partial charge in [-0.2, -0.15) is 0 Å². The first-order valence-electron chi connectivity index (χ1n) is 5.73. The monoisotopic (exact) mass is 254 g/mol. The van der Waals surface area contributed by atoms with Crippen molar-refractivity contribution in [1.29, 1.82) is 0 Å². The van der Waals surface area contributed by atoms with Crippen LogP contribution in [0.1, 0.15) is 37.2 Å². The van der Waals surface area contributed by atoms with Gasteiger partial charge in [-0.1, -0.05) is 36.6 Å². The minimum Gasteiger partial charge on any atom is -0.481 e. The number of rotatable bonds is 3. The number of carboxylic acid groups (broad SMARTS) is 1. The largest absolute Gasteiger partial charge is 0.481 e. The van der Waals surface area contributed by atoms with Gasteiger partial charge in [0.2, 0.25) is 0 Å². The van der Waals surface area contributed by atoms with Crippen molar-refractivity contribution in [2.24, 2.45) is 0 Å². The van der Waals surface area contributed by atoms with Gasteiger partial charge in [-0.05, 0) is 30.5 Å². The molecule has 0 aromatic heterocycles. The van der Waals surface area contributed by atoms with Crippen LogP contribution in [0.4, 0.5) is 0 Å². The number of aliphatic carboxylic acids is 1. The maximum Gasteiger partial charge on any atom is 0.313 e. The molecule has 92 valence electrons. The van der Waals surface area contributed by atoms with E-state index in [1.165, 1.54) is 0 Å². The van der Waals surface area contributed by atoms with Crippen molar-refractivity contribution in [3.05, 3.63) is 34.9 Å². The molecule has 1 saturated carbocycles. The van der Waals surface area contributed by atoms with Crippen LogP contribution >= 0.6 is 11.6 Å². The van der Waals surface area contributed by atoms with Gasteiger partial charge in [0.1, 0.15) is 5.92 Å². The third-order valence-electron chi connectivity index (χ3n) is 3.44. The van der Waals surface area contributed by atoms with Crippen molar-refractivity contribution in [3.63, 3.8) is 0 Å². The lowest BCUT2D eigenvalue weighted by Crippen LogP contribution is -2.38. The molecular formula is C13H15ClO3. The zero-order valence-electron chi connectivity index (χ0n) is 9.40. The van der Waals surface area contributed by atoms with E-state index in [0.29, 0.717) is 23.4 Å². The summed E-state index contributed by atoms with van der Waals surface area (Å²) in [5.74, 6) is -1.87. The highest BCUT2D eigenvalue weighted by Crippen LogP contribution is 2.41.